The molecule has 0 aliphatic heterocycles. The maximum absolute atomic E-state index is 11.1. The fourth-order valence-corrected chi connectivity index (χ4v) is 2.06. The molecule has 0 bridgehead atoms. The molecule has 0 saturated heterocycles. The molecule has 2 rings (SSSR count). The Kier molecular flexibility index (Phi) is 4.26. The van der Waals surface area contributed by atoms with E-state index in [4.69, 9.17) is 0 Å². The molecule has 17 heavy (non-hydrogen) atoms. The van der Waals surface area contributed by atoms with Crippen molar-refractivity contribution < 1.29 is 38.0 Å². The summed E-state index contributed by atoms with van der Waals surface area (Å²) in [6.07, 6.45) is 0. The van der Waals surface area contributed by atoms with Crippen LogP contribution in [0.1, 0.15) is 0 Å². The maximum Gasteiger partial charge on any atom is 1.00 e. The molecule has 0 atom stereocenters. The van der Waals surface area contributed by atoms with Crippen molar-refractivity contribution in [1.29, 1.82) is 0 Å². The van der Waals surface area contributed by atoms with Gasteiger partial charge in [-0.15, -0.1) is 0 Å². The SMILES string of the molecule is O=c1[nH]c2ccc(S(=O)(=O)[S-])cc2[nH]c1=O.[Na+]. The first-order chi connectivity index (χ1) is 7.38. The summed E-state index contributed by atoms with van der Waals surface area (Å²) in [5, 5.41) is 0. The molecule has 0 spiro atoms. The topological polar surface area (TPSA) is 99.9 Å². The van der Waals surface area contributed by atoms with Crippen LogP contribution in [0.4, 0.5) is 0 Å². The fraction of sp³-hybridized carbons (Fsp3) is 0. The second-order valence-electron chi connectivity index (χ2n) is 3.07. The smallest absolute Gasteiger partial charge is 0.644 e. The van der Waals surface area contributed by atoms with E-state index in [9.17, 15) is 18.0 Å². The summed E-state index contributed by atoms with van der Waals surface area (Å²) in [6.45, 7) is 0. The van der Waals surface area contributed by atoms with Crippen LogP contribution in [0.5, 0.6) is 0 Å². The first kappa shape index (κ1) is 14.5. The minimum Gasteiger partial charge on any atom is -0.644 e. The fourth-order valence-electron chi connectivity index (χ4n) is 1.25. The van der Waals surface area contributed by atoms with Gasteiger partial charge in [-0.1, -0.05) is 0 Å². The summed E-state index contributed by atoms with van der Waals surface area (Å²) in [6, 6.07) is 3.83. The molecule has 1 aromatic heterocycles. The zero-order valence-corrected chi connectivity index (χ0v) is 12.3. The maximum atomic E-state index is 11.1. The minimum atomic E-state index is -3.75. The number of H-pyrrole nitrogens is 2. The third-order valence-corrected chi connectivity index (χ3v) is 3.39. The van der Waals surface area contributed by atoms with Gasteiger partial charge >= 0.3 is 40.7 Å². The third kappa shape index (κ3) is 3.02. The molecule has 1 aromatic carbocycles. The van der Waals surface area contributed by atoms with Crippen LogP contribution in [0.3, 0.4) is 0 Å². The average molecular weight is 280 g/mol. The van der Waals surface area contributed by atoms with Crippen molar-refractivity contribution in [2.75, 3.05) is 0 Å². The van der Waals surface area contributed by atoms with E-state index in [0.717, 1.165) is 0 Å². The van der Waals surface area contributed by atoms with E-state index in [1.54, 1.807) is 0 Å². The molecule has 84 valence electrons. The number of fused-ring (bicyclic) bond motifs is 1. The minimum absolute atomic E-state index is 0. The van der Waals surface area contributed by atoms with Crippen LogP contribution in [0.15, 0.2) is 32.7 Å². The standard InChI is InChI=1S/C8H6N2O4S2.Na/c11-7-8(12)10-6-3-4(16(13,14)15)1-2-5(6)9-7;/h1-3H,(H,9,11)(H,10,12)(H,13,14,15);/q;+1/p-1. The van der Waals surface area contributed by atoms with Crippen LogP contribution in [0.2, 0.25) is 0 Å². The van der Waals surface area contributed by atoms with E-state index >= 15 is 0 Å². The van der Waals surface area contributed by atoms with Crippen molar-refractivity contribution in [3.8, 4) is 0 Å². The van der Waals surface area contributed by atoms with E-state index < -0.39 is 20.0 Å². The van der Waals surface area contributed by atoms with Crippen molar-refractivity contribution in [3.63, 3.8) is 0 Å². The van der Waals surface area contributed by atoms with E-state index in [1.807, 2.05) is 0 Å². The summed E-state index contributed by atoms with van der Waals surface area (Å²) in [4.78, 5) is 26.5. The molecular formula is C8H5N2NaO4S2. The Morgan fingerprint density at radius 1 is 1.00 bits per heavy atom. The zero-order chi connectivity index (χ0) is 11.9. The van der Waals surface area contributed by atoms with Gasteiger partial charge in [0.1, 0.15) is 0 Å². The molecule has 0 saturated carbocycles. The van der Waals surface area contributed by atoms with Crippen molar-refractivity contribution in [1.82, 2.24) is 9.97 Å². The monoisotopic (exact) mass is 280 g/mol. The van der Waals surface area contributed by atoms with Gasteiger partial charge in [-0.05, 0) is 18.2 Å². The number of rotatable bonds is 1. The van der Waals surface area contributed by atoms with Crippen LogP contribution >= 0.6 is 0 Å². The summed E-state index contributed by atoms with van der Waals surface area (Å²) < 4.78 is 22.2. The molecule has 2 N–H and O–H groups in total. The molecule has 0 aliphatic rings. The summed E-state index contributed by atoms with van der Waals surface area (Å²) >= 11 is 4.28. The van der Waals surface area contributed by atoms with Crippen LogP contribution in [0.25, 0.3) is 11.0 Å². The van der Waals surface area contributed by atoms with Crippen LogP contribution in [-0.2, 0) is 20.5 Å². The van der Waals surface area contributed by atoms with Crippen LogP contribution in [-0.4, -0.2) is 18.4 Å². The van der Waals surface area contributed by atoms with Crippen LogP contribution in [0, 0.1) is 0 Å². The quantitative estimate of drug-likeness (QED) is 0.244. The van der Waals surface area contributed by atoms with E-state index in [2.05, 4.69) is 21.6 Å². The molecule has 1 heterocycles. The van der Waals surface area contributed by atoms with Gasteiger partial charge in [-0.2, -0.15) is 0 Å². The number of hydrogen-bond acceptors (Lipinski definition) is 5. The molecule has 2 aromatic rings. The van der Waals surface area contributed by atoms with Crippen molar-refractivity contribution in [3.05, 3.63) is 38.9 Å². The van der Waals surface area contributed by atoms with Gasteiger partial charge < -0.3 is 21.6 Å². The number of aromatic nitrogens is 2. The van der Waals surface area contributed by atoms with Crippen molar-refractivity contribution >= 4 is 31.6 Å². The van der Waals surface area contributed by atoms with E-state index in [1.165, 1.54) is 18.2 Å². The normalized spacial score (nSPS) is 11.1. The Hall–Kier alpha value is -0.540. The second kappa shape index (κ2) is 4.99. The third-order valence-electron chi connectivity index (χ3n) is 1.98. The summed E-state index contributed by atoms with van der Waals surface area (Å²) in [7, 11) is -3.75. The Balaban J connectivity index is 0.00000144. The molecular weight excluding hydrogens is 275 g/mol. The predicted molar refractivity (Wildman–Crippen MR) is 59.7 cm³/mol. The van der Waals surface area contributed by atoms with Gasteiger partial charge in [0.25, 0.3) is 0 Å². The zero-order valence-electron chi connectivity index (χ0n) is 8.68. The van der Waals surface area contributed by atoms with Gasteiger partial charge in [-0.3, -0.25) is 9.59 Å². The summed E-state index contributed by atoms with van der Waals surface area (Å²) in [5.74, 6) is 0. The van der Waals surface area contributed by atoms with Crippen molar-refractivity contribution in [2.45, 2.75) is 4.90 Å². The Bertz CT molecular complexity index is 778. The molecule has 6 nitrogen and oxygen atoms in total. The average Bonchev–Trinajstić information content (AvgIpc) is 2.17. The van der Waals surface area contributed by atoms with Crippen molar-refractivity contribution in [2.24, 2.45) is 0 Å². The number of nitrogens with one attached hydrogen (secondary N) is 2. The Morgan fingerprint density at radius 3 is 2.06 bits per heavy atom. The summed E-state index contributed by atoms with van der Waals surface area (Å²) in [5.41, 5.74) is -1.07. The molecule has 0 radical (unpaired) electrons. The van der Waals surface area contributed by atoms with Gasteiger partial charge in [0.05, 0.1) is 19.9 Å². The van der Waals surface area contributed by atoms with Crippen LogP contribution < -0.4 is 40.7 Å². The molecule has 0 amide bonds. The Morgan fingerprint density at radius 2 is 1.53 bits per heavy atom. The molecule has 0 aliphatic carbocycles. The molecule has 9 heteroatoms. The number of aromatic amines is 2. The van der Waals surface area contributed by atoms with E-state index in [0.29, 0.717) is 5.52 Å². The van der Waals surface area contributed by atoms with E-state index in [-0.39, 0.29) is 40.0 Å². The first-order valence-electron chi connectivity index (χ1n) is 4.10. The van der Waals surface area contributed by atoms with Gasteiger partial charge in [-0.25, -0.2) is 8.42 Å². The molecule has 0 unspecified atom stereocenters. The van der Waals surface area contributed by atoms with Gasteiger partial charge in [0.15, 0.2) is 0 Å². The number of benzene rings is 1. The predicted octanol–water partition coefficient (Wildman–Crippen LogP) is -3.54. The Labute approximate surface area is 122 Å². The second-order valence-corrected chi connectivity index (χ2v) is 5.77. The van der Waals surface area contributed by atoms with Gasteiger partial charge in [0, 0.05) is 4.90 Å². The number of hydrogen-bond donors (Lipinski definition) is 2. The molecule has 0 fully saturated rings. The van der Waals surface area contributed by atoms with Gasteiger partial charge in [0.2, 0.25) is 0 Å². The largest absolute Gasteiger partial charge is 1.00 e. The first-order valence-corrected chi connectivity index (χ1v) is 6.51.